The number of nitrogens with one attached hydrogen (secondary N) is 2. The second-order valence-corrected chi connectivity index (χ2v) is 7.57. The van der Waals surface area contributed by atoms with E-state index >= 15 is 0 Å². The van der Waals surface area contributed by atoms with Crippen molar-refractivity contribution < 1.29 is 4.74 Å². The van der Waals surface area contributed by atoms with Gasteiger partial charge in [0, 0.05) is 17.6 Å². The van der Waals surface area contributed by atoms with E-state index in [1.165, 1.54) is 41.7 Å². The van der Waals surface area contributed by atoms with Crippen molar-refractivity contribution in [2.75, 3.05) is 7.11 Å². The third-order valence-corrected chi connectivity index (χ3v) is 6.09. The van der Waals surface area contributed by atoms with Crippen LogP contribution in [0.2, 0.25) is 0 Å². The van der Waals surface area contributed by atoms with Crippen LogP contribution in [-0.4, -0.2) is 17.3 Å². The zero-order valence-electron chi connectivity index (χ0n) is 14.4. The first kappa shape index (κ1) is 16.4. The summed E-state index contributed by atoms with van der Waals surface area (Å²) in [5.41, 5.74) is 3.76. The van der Waals surface area contributed by atoms with Gasteiger partial charge in [-0.3, -0.25) is 5.10 Å². The minimum Gasteiger partial charge on any atom is -0.497 e. The lowest BCUT2D eigenvalue weighted by atomic mass is 9.88. The van der Waals surface area contributed by atoms with Crippen LogP contribution in [0, 0.1) is 0 Å². The van der Waals surface area contributed by atoms with Gasteiger partial charge in [0.05, 0.1) is 23.9 Å². The lowest BCUT2D eigenvalue weighted by Gasteiger charge is -2.31. The van der Waals surface area contributed by atoms with Crippen LogP contribution in [0.3, 0.4) is 0 Å². The molecule has 2 aromatic heterocycles. The number of thiophene rings is 1. The predicted molar refractivity (Wildman–Crippen MR) is 102 cm³/mol. The normalized spacial score (nSPS) is 16.2. The Morgan fingerprint density at radius 1 is 1.20 bits per heavy atom. The van der Waals surface area contributed by atoms with E-state index in [9.17, 15) is 0 Å². The lowest BCUT2D eigenvalue weighted by molar-refractivity contribution is 0.338. The number of benzene rings is 1. The van der Waals surface area contributed by atoms with Gasteiger partial charge in [0.1, 0.15) is 5.75 Å². The molecule has 1 fully saturated rings. The van der Waals surface area contributed by atoms with E-state index in [0.717, 1.165) is 18.0 Å². The standard InChI is InChI=1S/C20H23N3OS/c1-24-17-8-6-16(7-9-17)20(10-2-3-11-20)21-13-15-14-22-23-19(15)18-5-4-12-25-18/h4-9,12,14,21H,2-3,10-11,13H2,1H3,(H,22,23). The highest BCUT2D eigenvalue weighted by molar-refractivity contribution is 7.13. The summed E-state index contributed by atoms with van der Waals surface area (Å²) < 4.78 is 5.31. The third kappa shape index (κ3) is 3.22. The number of hydrogen-bond donors (Lipinski definition) is 2. The highest BCUT2D eigenvalue weighted by atomic mass is 32.1. The van der Waals surface area contributed by atoms with Crippen LogP contribution in [0.5, 0.6) is 5.75 Å². The summed E-state index contributed by atoms with van der Waals surface area (Å²) in [6, 6.07) is 12.7. The number of ether oxygens (including phenoxy) is 1. The van der Waals surface area contributed by atoms with Gasteiger partial charge in [0.15, 0.2) is 0 Å². The van der Waals surface area contributed by atoms with E-state index in [2.05, 4.69) is 57.3 Å². The molecule has 0 bridgehead atoms. The van der Waals surface area contributed by atoms with Crippen molar-refractivity contribution in [3.63, 3.8) is 0 Å². The molecule has 0 spiro atoms. The van der Waals surface area contributed by atoms with Gasteiger partial charge in [-0.05, 0) is 42.0 Å². The minimum absolute atomic E-state index is 0.0518. The summed E-state index contributed by atoms with van der Waals surface area (Å²) in [6.07, 6.45) is 6.82. The second kappa shape index (κ2) is 7.02. The van der Waals surface area contributed by atoms with E-state index in [1.54, 1.807) is 18.4 Å². The molecule has 1 aliphatic carbocycles. The molecule has 2 heterocycles. The molecular weight excluding hydrogens is 330 g/mol. The Hall–Kier alpha value is -2.11. The highest BCUT2D eigenvalue weighted by Gasteiger charge is 2.35. The van der Waals surface area contributed by atoms with Gasteiger partial charge >= 0.3 is 0 Å². The molecule has 0 atom stereocenters. The van der Waals surface area contributed by atoms with Crippen molar-refractivity contribution in [3.8, 4) is 16.3 Å². The molecule has 0 amide bonds. The fraction of sp³-hybridized carbons (Fsp3) is 0.350. The lowest BCUT2D eigenvalue weighted by Crippen LogP contribution is -2.39. The summed E-state index contributed by atoms with van der Waals surface area (Å²) in [5.74, 6) is 0.909. The molecule has 0 saturated heterocycles. The predicted octanol–water partition coefficient (Wildman–Crippen LogP) is 4.71. The van der Waals surface area contributed by atoms with Crippen LogP contribution in [0.1, 0.15) is 36.8 Å². The topological polar surface area (TPSA) is 49.9 Å². The highest BCUT2D eigenvalue weighted by Crippen LogP contribution is 2.40. The minimum atomic E-state index is 0.0518. The molecule has 1 aromatic carbocycles. The summed E-state index contributed by atoms with van der Waals surface area (Å²) in [7, 11) is 1.71. The summed E-state index contributed by atoms with van der Waals surface area (Å²) in [6.45, 7) is 0.815. The molecule has 5 heteroatoms. The van der Waals surface area contributed by atoms with E-state index in [0.29, 0.717) is 0 Å². The van der Waals surface area contributed by atoms with Crippen LogP contribution >= 0.6 is 11.3 Å². The molecule has 130 valence electrons. The van der Waals surface area contributed by atoms with E-state index < -0.39 is 0 Å². The Morgan fingerprint density at radius 3 is 2.68 bits per heavy atom. The van der Waals surface area contributed by atoms with Crippen LogP contribution in [0.4, 0.5) is 0 Å². The van der Waals surface area contributed by atoms with Gasteiger partial charge in [-0.25, -0.2) is 0 Å². The maximum absolute atomic E-state index is 5.31. The van der Waals surface area contributed by atoms with Crippen LogP contribution in [0.15, 0.2) is 48.0 Å². The van der Waals surface area contributed by atoms with Gasteiger partial charge in [-0.1, -0.05) is 31.0 Å². The summed E-state index contributed by atoms with van der Waals surface area (Å²) in [5, 5.41) is 13.4. The number of hydrogen-bond acceptors (Lipinski definition) is 4. The van der Waals surface area contributed by atoms with Crippen LogP contribution in [0.25, 0.3) is 10.6 Å². The van der Waals surface area contributed by atoms with E-state index in [1.807, 2.05) is 6.20 Å². The average Bonchev–Trinajstić information content (AvgIpc) is 3.41. The number of aromatic nitrogens is 2. The molecule has 1 aliphatic rings. The molecule has 25 heavy (non-hydrogen) atoms. The first-order valence-corrected chi connectivity index (χ1v) is 9.64. The number of methoxy groups -OCH3 is 1. The van der Waals surface area contributed by atoms with Gasteiger partial charge in [-0.15, -0.1) is 11.3 Å². The Kier molecular flexibility index (Phi) is 4.59. The molecular formula is C20H23N3OS. The maximum atomic E-state index is 5.31. The van der Waals surface area contributed by atoms with Crippen LogP contribution < -0.4 is 10.1 Å². The fourth-order valence-corrected chi connectivity index (χ4v) is 4.56. The van der Waals surface area contributed by atoms with Gasteiger partial charge in [0.25, 0.3) is 0 Å². The Morgan fingerprint density at radius 2 is 2.00 bits per heavy atom. The monoisotopic (exact) mass is 353 g/mol. The molecule has 1 saturated carbocycles. The maximum Gasteiger partial charge on any atom is 0.118 e. The SMILES string of the molecule is COc1ccc(C2(NCc3cn[nH]c3-c3cccs3)CCCC2)cc1. The molecule has 3 aromatic rings. The van der Waals surface area contributed by atoms with E-state index in [4.69, 9.17) is 4.74 Å². The number of nitrogens with zero attached hydrogens (tertiary/aromatic N) is 1. The molecule has 0 radical (unpaired) electrons. The fourth-order valence-electron chi connectivity index (χ4n) is 3.80. The van der Waals surface area contributed by atoms with Gasteiger partial charge in [0.2, 0.25) is 0 Å². The largest absolute Gasteiger partial charge is 0.497 e. The second-order valence-electron chi connectivity index (χ2n) is 6.62. The number of aromatic amines is 1. The zero-order chi connectivity index (χ0) is 17.1. The first-order chi connectivity index (χ1) is 12.3. The molecule has 2 N–H and O–H groups in total. The van der Waals surface area contributed by atoms with Crippen molar-refractivity contribution in [2.45, 2.75) is 37.8 Å². The number of H-pyrrole nitrogens is 1. The Labute approximate surface area is 152 Å². The van der Waals surface area contributed by atoms with Gasteiger partial charge in [-0.2, -0.15) is 5.10 Å². The molecule has 0 unspecified atom stereocenters. The van der Waals surface area contributed by atoms with Crippen LogP contribution in [-0.2, 0) is 12.1 Å². The van der Waals surface area contributed by atoms with E-state index in [-0.39, 0.29) is 5.54 Å². The average molecular weight is 353 g/mol. The molecule has 4 nitrogen and oxygen atoms in total. The summed E-state index contributed by atoms with van der Waals surface area (Å²) in [4.78, 5) is 1.24. The third-order valence-electron chi connectivity index (χ3n) is 5.20. The quantitative estimate of drug-likeness (QED) is 0.675. The van der Waals surface area contributed by atoms with Crippen molar-refractivity contribution in [1.29, 1.82) is 0 Å². The van der Waals surface area contributed by atoms with Crippen molar-refractivity contribution in [3.05, 3.63) is 59.1 Å². The van der Waals surface area contributed by atoms with Gasteiger partial charge < -0.3 is 10.1 Å². The van der Waals surface area contributed by atoms with Crippen molar-refractivity contribution in [2.24, 2.45) is 0 Å². The number of rotatable bonds is 6. The summed E-state index contributed by atoms with van der Waals surface area (Å²) >= 11 is 1.74. The van der Waals surface area contributed by atoms with Crippen molar-refractivity contribution in [1.82, 2.24) is 15.5 Å². The Balaban J connectivity index is 1.56. The van der Waals surface area contributed by atoms with Crippen molar-refractivity contribution >= 4 is 11.3 Å². The molecule has 4 rings (SSSR count). The first-order valence-electron chi connectivity index (χ1n) is 8.76. The Bertz CT molecular complexity index is 802. The molecule has 0 aliphatic heterocycles. The zero-order valence-corrected chi connectivity index (χ0v) is 15.2. The smallest absolute Gasteiger partial charge is 0.118 e.